The molecule has 9 heteroatoms. The van der Waals surface area contributed by atoms with E-state index in [1.54, 1.807) is 59.4 Å². The highest BCUT2D eigenvalue weighted by atomic mass is 32.2. The van der Waals surface area contributed by atoms with E-state index < -0.39 is 21.5 Å². The maximum atomic E-state index is 12.3. The Balaban J connectivity index is 0.00000227. The predicted molar refractivity (Wildman–Crippen MR) is 115 cm³/mol. The van der Waals surface area contributed by atoms with E-state index in [0.717, 1.165) is 0 Å². The van der Waals surface area contributed by atoms with Crippen molar-refractivity contribution in [3.05, 3.63) is 29.8 Å². The normalized spacial score (nSPS) is 13.6. The molecule has 1 aromatic rings. The summed E-state index contributed by atoms with van der Waals surface area (Å²) in [5.74, 6) is 0.563. The molecule has 4 N–H and O–H groups in total. The highest BCUT2D eigenvalue weighted by Crippen LogP contribution is 2.18. The van der Waals surface area contributed by atoms with Crippen molar-refractivity contribution >= 4 is 28.5 Å². The van der Waals surface area contributed by atoms with E-state index in [2.05, 4.69) is 14.7 Å². The lowest BCUT2D eigenvalue weighted by Gasteiger charge is -2.20. The van der Waals surface area contributed by atoms with Crippen LogP contribution in [0.4, 0.5) is 0 Å². The molecule has 0 aliphatic heterocycles. The molecule has 1 rings (SSSR count). The molecule has 0 fully saturated rings. The molecule has 0 saturated heterocycles. The molecule has 0 saturated carbocycles. The van der Waals surface area contributed by atoms with Gasteiger partial charge in [0.25, 0.3) is 5.91 Å². The van der Waals surface area contributed by atoms with Crippen molar-refractivity contribution in [2.75, 3.05) is 27.1 Å². The van der Waals surface area contributed by atoms with E-state index in [1.165, 1.54) is 0 Å². The molecular weight excluding hydrogens is 380 g/mol. The quantitative estimate of drug-likeness (QED) is 0.540. The van der Waals surface area contributed by atoms with E-state index in [4.69, 9.17) is 16.2 Å². The zero-order valence-corrected chi connectivity index (χ0v) is 18.5. The van der Waals surface area contributed by atoms with Gasteiger partial charge in [-0.05, 0) is 44.0 Å². The van der Waals surface area contributed by atoms with Gasteiger partial charge in [0.15, 0.2) is 0 Å². The van der Waals surface area contributed by atoms with Gasteiger partial charge in [-0.2, -0.15) is 9.98 Å². The van der Waals surface area contributed by atoms with Crippen LogP contribution >= 0.6 is 0 Å². The van der Waals surface area contributed by atoms with Gasteiger partial charge in [-0.15, -0.1) is 0 Å². The highest BCUT2D eigenvalue weighted by molar-refractivity contribution is 7.87. The lowest BCUT2D eigenvalue weighted by molar-refractivity contribution is -0.119. The average Bonchev–Trinajstić information content (AvgIpc) is 2.61. The van der Waals surface area contributed by atoms with E-state index in [-0.39, 0.29) is 17.7 Å². The Kier molecular flexibility index (Phi) is 11.3. The first-order valence-corrected chi connectivity index (χ1v) is 9.97. The number of rotatable bonds is 6. The third-order valence-corrected chi connectivity index (χ3v) is 5.69. The second-order valence-electron chi connectivity index (χ2n) is 6.83. The molecule has 28 heavy (non-hydrogen) atoms. The number of nitrogens with zero attached hydrogens (tertiary/aromatic N) is 2. The Morgan fingerprint density at radius 1 is 1.11 bits per heavy atom. The van der Waals surface area contributed by atoms with Crippen LogP contribution in [0.1, 0.15) is 33.3 Å². The first-order chi connectivity index (χ1) is 13.0. The molecule has 1 amide bonds. The van der Waals surface area contributed by atoms with Crippen molar-refractivity contribution in [2.24, 2.45) is 27.4 Å². The zero-order chi connectivity index (χ0) is 21.9. The summed E-state index contributed by atoms with van der Waals surface area (Å²) in [6.07, 6.45) is 0. The number of guanidine groups is 1. The minimum absolute atomic E-state index is 0.123. The first-order valence-electron chi connectivity index (χ1n) is 8.65. The third-order valence-electron chi connectivity index (χ3n) is 3.41. The summed E-state index contributed by atoms with van der Waals surface area (Å²) in [7, 11) is 3.45. The van der Waals surface area contributed by atoms with Crippen molar-refractivity contribution in [2.45, 2.75) is 32.4 Å². The van der Waals surface area contributed by atoms with E-state index in [1.807, 2.05) is 13.8 Å². The SMILES string of the molecule is COC.COc1ccc(/C(N)=N/C(N)=NC(=O)C(C)(C)S(=O)CC(C)C)cc1. The van der Waals surface area contributed by atoms with Gasteiger partial charge in [-0.25, -0.2) is 0 Å². The van der Waals surface area contributed by atoms with E-state index in [0.29, 0.717) is 17.1 Å². The van der Waals surface area contributed by atoms with Crippen LogP contribution < -0.4 is 16.2 Å². The number of carbonyl (C=O) groups is 1. The largest absolute Gasteiger partial charge is 0.497 e. The average molecular weight is 413 g/mol. The maximum absolute atomic E-state index is 12.3. The Hall–Kier alpha value is -2.26. The fourth-order valence-corrected chi connectivity index (χ4v) is 3.08. The summed E-state index contributed by atoms with van der Waals surface area (Å²) >= 11 is 0. The molecule has 158 valence electrons. The number of benzene rings is 1. The van der Waals surface area contributed by atoms with Crippen LogP contribution in [0.2, 0.25) is 0 Å². The number of carbonyl (C=O) groups excluding carboxylic acids is 1. The Morgan fingerprint density at radius 3 is 2.04 bits per heavy atom. The molecule has 0 radical (unpaired) electrons. The maximum Gasteiger partial charge on any atom is 0.267 e. The molecule has 0 aliphatic carbocycles. The standard InChI is InChI=1S/C17H26N4O3S.C2H6O/c1-11(2)10-25(23)17(3,4)15(22)21-16(19)20-14(18)12-6-8-13(24-5)9-7-12;1-3-2/h6-9,11H,10H2,1-5H3,(H4,18,19,20,21,22);1-2H3. The summed E-state index contributed by atoms with van der Waals surface area (Å²) in [4.78, 5) is 20.0. The number of amidine groups is 1. The highest BCUT2D eigenvalue weighted by Gasteiger charge is 2.34. The van der Waals surface area contributed by atoms with Gasteiger partial charge in [0.2, 0.25) is 5.96 Å². The van der Waals surface area contributed by atoms with Crippen molar-refractivity contribution in [1.82, 2.24) is 0 Å². The van der Waals surface area contributed by atoms with Gasteiger partial charge in [0.05, 0.1) is 7.11 Å². The van der Waals surface area contributed by atoms with Crippen molar-refractivity contribution in [3.8, 4) is 5.75 Å². The second-order valence-corrected chi connectivity index (χ2v) is 8.87. The zero-order valence-electron chi connectivity index (χ0n) is 17.7. The summed E-state index contributed by atoms with van der Waals surface area (Å²) in [5, 5.41) is 0. The first kappa shape index (κ1) is 25.7. The molecule has 0 aromatic heterocycles. The van der Waals surface area contributed by atoms with Crippen molar-refractivity contribution in [3.63, 3.8) is 0 Å². The van der Waals surface area contributed by atoms with Crippen molar-refractivity contribution < 1.29 is 18.5 Å². The molecule has 0 heterocycles. The van der Waals surface area contributed by atoms with E-state index in [9.17, 15) is 9.00 Å². The molecular formula is C19H32N4O4S. The Bertz CT molecular complexity index is 713. The van der Waals surface area contributed by atoms with Gasteiger partial charge in [0, 0.05) is 36.3 Å². The molecule has 8 nitrogen and oxygen atoms in total. The van der Waals surface area contributed by atoms with Gasteiger partial charge >= 0.3 is 0 Å². The number of hydrogen-bond acceptors (Lipinski definition) is 4. The van der Waals surface area contributed by atoms with Crippen LogP contribution in [0, 0.1) is 5.92 Å². The molecule has 1 unspecified atom stereocenters. The van der Waals surface area contributed by atoms with Crippen LogP contribution in [0.15, 0.2) is 34.3 Å². The molecule has 1 aromatic carbocycles. The lowest BCUT2D eigenvalue weighted by Crippen LogP contribution is -2.38. The predicted octanol–water partition coefficient (Wildman–Crippen LogP) is 1.69. The van der Waals surface area contributed by atoms with Crippen LogP contribution in [-0.4, -0.2) is 53.7 Å². The topological polar surface area (TPSA) is 129 Å². The van der Waals surface area contributed by atoms with Crippen LogP contribution in [-0.2, 0) is 20.3 Å². The number of nitrogens with two attached hydrogens (primary N) is 2. The number of hydrogen-bond donors (Lipinski definition) is 2. The summed E-state index contributed by atoms with van der Waals surface area (Å²) in [5.41, 5.74) is 12.2. The molecule has 0 aliphatic rings. The summed E-state index contributed by atoms with van der Waals surface area (Å²) < 4.78 is 20.5. The van der Waals surface area contributed by atoms with Gasteiger partial charge < -0.3 is 20.9 Å². The van der Waals surface area contributed by atoms with Crippen LogP contribution in [0.25, 0.3) is 0 Å². The number of aliphatic imine (C=N–C) groups is 2. The fourth-order valence-electron chi connectivity index (χ4n) is 1.82. The number of amides is 1. The minimum atomic E-state index is -1.37. The second kappa shape index (κ2) is 12.2. The van der Waals surface area contributed by atoms with E-state index >= 15 is 0 Å². The van der Waals surface area contributed by atoms with Gasteiger partial charge in [-0.3, -0.25) is 9.00 Å². The van der Waals surface area contributed by atoms with Crippen LogP contribution in [0.3, 0.4) is 0 Å². The van der Waals surface area contributed by atoms with Crippen molar-refractivity contribution in [1.29, 1.82) is 0 Å². The molecule has 0 spiro atoms. The summed E-state index contributed by atoms with van der Waals surface area (Å²) in [6, 6.07) is 6.89. The Labute approximate surface area is 169 Å². The molecule has 0 bridgehead atoms. The molecule has 1 atom stereocenters. The lowest BCUT2D eigenvalue weighted by atomic mass is 10.2. The fraction of sp³-hybridized carbons (Fsp3) is 0.526. The van der Waals surface area contributed by atoms with Gasteiger partial charge in [-0.1, -0.05) is 13.8 Å². The monoisotopic (exact) mass is 412 g/mol. The third kappa shape index (κ3) is 8.62. The van der Waals surface area contributed by atoms with Gasteiger partial charge in [0.1, 0.15) is 16.3 Å². The summed E-state index contributed by atoms with van der Waals surface area (Å²) in [6.45, 7) is 7.05. The number of ether oxygens (including phenoxy) is 2. The number of methoxy groups -OCH3 is 2. The Morgan fingerprint density at radius 2 is 1.61 bits per heavy atom. The smallest absolute Gasteiger partial charge is 0.267 e. The minimum Gasteiger partial charge on any atom is -0.497 e. The van der Waals surface area contributed by atoms with Crippen LogP contribution in [0.5, 0.6) is 5.75 Å².